The Kier molecular flexibility index (Phi) is 3.87. The van der Waals surface area contributed by atoms with E-state index in [0.29, 0.717) is 18.6 Å². The van der Waals surface area contributed by atoms with E-state index in [-0.39, 0.29) is 5.92 Å². The number of nitrogens with one attached hydrogen (secondary N) is 1. The van der Waals surface area contributed by atoms with Crippen molar-refractivity contribution in [2.24, 2.45) is 0 Å². The summed E-state index contributed by atoms with van der Waals surface area (Å²) >= 11 is 0. The first-order valence-electron chi connectivity index (χ1n) is 7.32. The largest absolute Gasteiger partial charge is 0.359 e. The Bertz CT molecular complexity index is 656. The van der Waals surface area contributed by atoms with E-state index in [1.165, 1.54) is 11.1 Å². The lowest BCUT2D eigenvalue weighted by Crippen LogP contribution is -2.16. The molecule has 1 atom stereocenters. The van der Waals surface area contributed by atoms with E-state index in [1.807, 2.05) is 30.3 Å². The summed E-state index contributed by atoms with van der Waals surface area (Å²) in [7, 11) is 0. The summed E-state index contributed by atoms with van der Waals surface area (Å²) in [5.74, 6) is 0.473. The van der Waals surface area contributed by atoms with Crippen molar-refractivity contribution in [1.29, 1.82) is 0 Å². The zero-order valence-corrected chi connectivity index (χ0v) is 12.2. The number of carbonyl (C=O) groups excluding carboxylic acids is 1. The molecule has 0 fully saturated rings. The third kappa shape index (κ3) is 3.40. The number of aryl methyl sites for hydroxylation is 1. The molecule has 1 unspecified atom stereocenters. The van der Waals surface area contributed by atoms with Crippen molar-refractivity contribution in [2.45, 2.75) is 25.7 Å². The predicted molar refractivity (Wildman–Crippen MR) is 86.3 cm³/mol. The van der Waals surface area contributed by atoms with Gasteiger partial charge >= 0.3 is 0 Å². The molecule has 0 aliphatic heterocycles. The Morgan fingerprint density at radius 1 is 1.00 bits per heavy atom. The van der Waals surface area contributed by atoms with Crippen LogP contribution in [0, 0.1) is 6.92 Å². The van der Waals surface area contributed by atoms with E-state index < -0.39 is 0 Å². The van der Waals surface area contributed by atoms with Crippen LogP contribution in [-0.2, 0) is 4.79 Å². The minimum Gasteiger partial charge on any atom is -0.359 e. The quantitative estimate of drug-likeness (QED) is 0.898. The molecular weight excluding hydrogens is 258 g/mol. The van der Waals surface area contributed by atoms with Crippen LogP contribution in [0.25, 0.3) is 0 Å². The summed E-state index contributed by atoms with van der Waals surface area (Å²) in [5.41, 5.74) is 4.47. The molecule has 2 aromatic carbocycles. The first kappa shape index (κ1) is 13.6. The first-order valence-corrected chi connectivity index (χ1v) is 7.32. The summed E-state index contributed by atoms with van der Waals surface area (Å²) in [6, 6.07) is 18.5. The van der Waals surface area contributed by atoms with Crippen LogP contribution in [-0.4, -0.2) is 5.78 Å². The molecule has 1 aliphatic carbocycles. The second-order valence-electron chi connectivity index (χ2n) is 5.62. The second kappa shape index (κ2) is 5.96. The van der Waals surface area contributed by atoms with Gasteiger partial charge in [-0.2, -0.15) is 0 Å². The molecule has 0 radical (unpaired) electrons. The van der Waals surface area contributed by atoms with Crippen LogP contribution in [0.3, 0.4) is 0 Å². The van der Waals surface area contributed by atoms with Gasteiger partial charge in [0.25, 0.3) is 0 Å². The Labute approximate surface area is 125 Å². The Morgan fingerprint density at radius 2 is 1.71 bits per heavy atom. The van der Waals surface area contributed by atoms with Gasteiger partial charge in [-0.05, 0) is 24.6 Å². The van der Waals surface area contributed by atoms with E-state index >= 15 is 0 Å². The van der Waals surface area contributed by atoms with Gasteiger partial charge in [0.05, 0.1) is 0 Å². The molecule has 21 heavy (non-hydrogen) atoms. The number of hydrogen-bond donors (Lipinski definition) is 1. The van der Waals surface area contributed by atoms with E-state index in [1.54, 1.807) is 0 Å². The lowest BCUT2D eigenvalue weighted by molar-refractivity contribution is -0.118. The fraction of sp³-hybridized carbons (Fsp3) is 0.211. The van der Waals surface area contributed by atoms with Crippen molar-refractivity contribution in [1.82, 2.24) is 0 Å². The van der Waals surface area contributed by atoms with E-state index in [2.05, 4.69) is 42.6 Å². The number of Topliss-reactive ketones (excluding diaryl/α,β-unsaturated/α-hetero) is 1. The molecule has 1 N–H and O–H groups in total. The highest BCUT2D eigenvalue weighted by Crippen LogP contribution is 2.29. The van der Waals surface area contributed by atoms with Crippen LogP contribution in [0.15, 0.2) is 66.4 Å². The SMILES string of the molecule is Cc1ccc(NC2=CC(c3ccccc3)CC(=O)C2)cc1. The zero-order chi connectivity index (χ0) is 14.7. The molecule has 1 aliphatic rings. The Hall–Kier alpha value is -2.35. The molecule has 0 amide bonds. The highest BCUT2D eigenvalue weighted by atomic mass is 16.1. The summed E-state index contributed by atoms with van der Waals surface area (Å²) in [4.78, 5) is 12.0. The number of ketones is 1. The van der Waals surface area contributed by atoms with Crippen LogP contribution in [0.2, 0.25) is 0 Å². The lowest BCUT2D eigenvalue weighted by Gasteiger charge is -2.22. The number of benzene rings is 2. The summed E-state index contributed by atoms with van der Waals surface area (Å²) in [6.07, 6.45) is 3.29. The van der Waals surface area contributed by atoms with Gasteiger partial charge in [-0.25, -0.2) is 0 Å². The smallest absolute Gasteiger partial charge is 0.139 e. The molecule has 0 heterocycles. The molecule has 0 aromatic heterocycles. The molecule has 0 saturated carbocycles. The number of carbonyl (C=O) groups is 1. The second-order valence-corrected chi connectivity index (χ2v) is 5.62. The third-order valence-corrected chi connectivity index (χ3v) is 3.82. The van der Waals surface area contributed by atoms with Gasteiger partial charge in [0.1, 0.15) is 5.78 Å². The minimum atomic E-state index is 0.181. The minimum absolute atomic E-state index is 0.181. The van der Waals surface area contributed by atoms with E-state index in [0.717, 1.165) is 11.4 Å². The van der Waals surface area contributed by atoms with Crippen LogP contribution >= 0.6 is 0 Å². The van der Waals surface area contributed by atoms with E-state index in [9.17, 15) is 4.79 Å². The van der Waals surface area contributed by atoms with Crippen molar-refractivity contribution in [3.8, 4) is 0 Å². The maximum absolute atomic E-state index is 12.0. The van der Waals surface area contributed by atoms with Gasteiger partial charge in [0.2, 0.25) is 0 Å². The number of rotatable bonds is 3. The Morgan fingerprint density at radius 3 is 2.43 bits per heavy atom. The lowest BCUT2D eigenvalue weighted by atomic mass is 9.87. The molecule has 2 nitrogen and oxygen atoms in total. The molecule has 2 heteroatoms. The highest BCUT2D eigenvalue weighted by Gasteiger charge is 2.21. The van der Waals surface area contributed by atoms with Crippen molar-refractivity contribution in [3.63, 3.8) is 0 Å². The average Bonchev–Trinajstić information content (AvgIpc) is 2.50. The summed E-state index contributed by atoms with van der Waals surface area (Å²) in [5, 5.41) is 3.38. The number of allylic oxidation sites excluding steroid dienone is 2. The first-order chi connectivity index (χ1) is 10.2. The standard InChI is InChI=1S/C19H19NO/c1-14-7-9-17(10-8-14)20-18-11-16(12-19(21)13-18)15-5-3-2-4-6-15/h2-11,16,20H,12-13H2,1H3. The van der Waals surface area contributed by atoms with Gasteiger partial charge in [-0.3, -0.25) is 4.79 Å². The van der Waals surface area contributed by atoms with Crippen LogP contribution in [0.1, 0.15) is 29.9 Å². The molecule has 3 rings (SSSR count). The highest BCUT2D eigenvalue weighted by molar-refractivity contribution is 5.84. The Balaban J connectivity index is 1.82. The van der Waals surface area contributed by atoms with Crippen LogP contribution in [0.5, 0.6) is 0 Å². The molecule has 106 valence electrons. The van der Waals surface area contributed by atoms with Gasteiger partial charge in [0, 0.05) is 30.1 Å². The normalized spacial score (nSPS) is 18.2. The predicted octanol–water partition coefficient (Wildman–Crippen LogP) is 4.44. The summed E-state index contributed by atoms with van der Waals surface area (Å²) in [6.45, 7) is 2.07. The molecular formula is C19H19NO. The summed E-state index contributed by atoms with van der Waals surface area (Å²) < 4.78 is 0. The monoisotopic (exact) mass is 277 g/mol. The molecule has 0 spiro atoms. The van der Waals surface area contributed by atoms with Crippen molar-refractivity contribution in [2.75, 3.05) is 5.32 Å². The van der Waals surface area contributed by atoms with Gasteiger partial charge in [0.15, 0.2) is 0 Å². The fourth-order valence-corrected chi connectivity index (χ4v) is 2.71. The van der Waals surface area contributed by atoms with Gasteiger partial charge in [-0.1, -0.05) is 54.1 Å². The van der Waals surface area contributed by atoms with Crippen molar-refractivity contribution < 1.29 is 4.79 Å². The van der Waals surface area contributed by atoms with E-state index in [4.69, 9.17) is 0 Å². The maximum atomic E-state index is 12.0. The molecule has 2 aromatic rings. The van der Waals surface area contributed by atoms with Gasteiger partial charge < -0.3 is 5.32 Å². The zero-order valence-electron chi connectivity index (χ0n) is 12.2. The number of hydrogen-bond acceptors (Lipinski definition) is 2. The fourth-order valence-electron chi connectivity index (χ4n) is 2.71. The van der Waals surface area contributed by atoms with Crippen LogP contribution < -0.4 is 5.32 Å². The molecule has 0 saturated heterocycles. The van der Waals surface area contributed by atoms with Gasteiger partial charge in [-0.15, -0.1) is 0 Å². The average molecular weight is 277 g/mol. The third-order valence-electron chi connectivity index (χ3n) is 3.82. The van der Waals surface area contributed by atoms with Crippen LogP contribution in [0.4, 0.5) is 5.69 Å². The number of anilines is 1. The van der Waals surface area contributed by atoms with Crippen molar-refractivity contribution >= 4 is 11.5 Å². The van der Waals surface area contributed by atoms with Crippen molar-refractivity contribution in [3.05, 3.63) is 77.5 Å². The molecule has 0 bridgehead atoms. The topological polar surface area (TPSA) is 29.1 Å². The maximum Gasteiger partial charge on any atom is 0.139 e.